The number of hydrogen-bond donors (Lipinski definition) is 1. The minimum Gasteiger partial charge on any atom is -0.486 e. The normalized spacial score (nSPS) is 18.8. The minimum absolute atomic E-state index is 0.115. The van der Waals surface area contributed by atoms with Gasteiger partial charge >= 0.3 is 0 Å². The van der Waals surface area contributed by atoms with E-state index in [2.05, 4.69) is 5.32 Å². The zero-order chi connectivity index (χ0) is 14.2. The molecule has 0 amide bonds. The maximum Gasteiger partial charge on any atom is 0.172 e. The molecule has 2 aromatic carbocycles. The highest BCUT2D eigenvalue weighted by molar-refractivity contribution is 6.03. The number of anilines is 1. The number of para-hydroxylation sites is 1. The van der Waals surface area contributed by atoms with Crippen LogP contribution in [0.3, 0.4) is 0 Å². The van der Waals surface area contributed by atoms with E-state index < -0.39 is 0 Å². The smallest absolute Gasteiger partial charge is 0.172 e. The molecule has 21 heavy (non-hydrogen) atoms. The fourth-order valence-corrected chi connectivity index (χ4v) is 2.92. The molecule has 2 aliphatic heterocycles. The first-order valence-electron chi connectivity index (χ1n) is 7.09. The van der Waals surface area contributed by atoms with Gasteiger partial charge in [-0.15, -0.1) is 0 Å². The van der Waals surface area contributed by atoms with E-state index in [1.165, 1.54) is 0 Å². The zero-order valence-electron chi connectivity index (χ0n) is 11.5. The summed E-state index contributed by atoms with van der Waals surface area (Å²) in [7, 11) is 0. The third kappa shape index (κ3) is 2.03. The lowest BCUT2D eigenvalue weighted by Gasteiger charge is -2.19. The van der Waals surface area contributed by atoms with Gasteiger partial charge in [-0.2, -0.15) is 0 Å². The van der Waals surface area contributed by atoms with Crippen LogP contribution in [0, 0.1) is 0 Å². The Labute approximate surface area is 122 Å². The van der Waals surface area contributed by atoms with Gasteiger partial charge in [-0.3, -0.25) is 4.79 Å². The second-order valence-corrected chi connectivity index (χ2v) is 5.24. The first-order valence-corrected chi connectivity index (χ1v) is 7.09. The van der Waals surface area contributed by atoms with Crippen LogP contribution in [0.2, 0.25) is 0 Å². The number of nitrogens with one attached hydrogen (secondary N) is 1. The molecule has 0 saturated carbocycles. The number of benzene rings is 2. The Balaban J connectivity index is 1.67. The molecular formula is C17H15NO3. The Bertz CT molecular complexity index is 711. The Kier molecular flexibility index (Phi) is 2.81. The molecule has 0 radical (unpaired) electrons. The Morgan fingerprint density at radius 2 is 1.86 bits per heavy atom. The number of rotatable bonds is 2. The van der Waals surface area contributed by atoms with Crippen molar-refractivity contribution in [2.45, 2.75) is 5.92 Å². The van der Waals surface area contributed by atoms with Crippen molar-refractivity contribution in [2.75, 3.05) is 25.1 Å². The van der Waals surface area contributed by atoms with Crippen molar-refractivity contribution in [1.29, 1.82) is 0 Å². The minimum atomic E-state index is -0.135. The number of Topliss-reactive ketones (excluding diaryl/α,β-unsaturated/α-hetero) is 1. The quantitative estimate of drug-likeness (QED) is 0.860. The van der Waals surface area contributed by atoms with Crippen molar-refractivity contribution in [3.63, 3.8) is 0 Å². The third-order valence-corrected chi connectivity index (χ3v) is 3.98. The number of hydrogen-bond acceptors (Lipinski definition) is 4. The summed E-state index contributed by atoms with van der Waals surface area (Å²) in [6, 6.07) is 13.4. The van der Waals surface area contributed by atoms with Crippen LogP contribution in [-0.4, -0.2) is 25.5 Å². The van der Waals surface area contributed by atoms with Gasteiger partial charge in [-0.1, -0.05) is 18.2 Å². The first-order chi connectivity index (χ1) is 10.3. The molecule has 0 saturated heterocycles. The molecule has 106 valence electrons. The van der Waals surface area contributed by atoms with Crippen molar-refractivity contribution < 1.29 is 14.3 Å². The lowest BCUT2D eigenvalue weighted by molar-refractivity contribution is 0.0965. The predicted octanol–water partition coefficient (Wildman–Crippen LogP) is 2.85. The Morgan fingerprint density at radius 1 is 1.05 bits per heavy atom. The van der Waals surface area contributed by atoms with Crippen LogP contribution in [0.1, 0.15) is 21.8 Å². The van der Waals surface area contributed by atoms with E-state index in [9.17, 15) is 4.79 Å². The van der Waals surface area contributed by atoms with Crippen molar-refractivity contribution in [3.8, 4) is 11.5 Å². The van der Waals surface area contributed by atoms with Gasteiger partial charge in [-0.25, -0.2) is 0 Å². The lowest BCUT2D eigenvalue weighted by Crippen LogP contribution is -2.18. The van der Waals surface area contributed by atoms with Crippen LogP contribution >= 0.6 is 0 Å². The van der Waals surface area contributed by atoms with Crippen LogP contribution < -0.4 is 14.8 Å². The van der Waals surface area contributed by atoms with Gasteiger partial charge in [0.05, 0.1) is 5.92 Å². The van der Waals surface area contributed by atoms with Crippen molar-refractivity contribution in [2.24, 2.45) is 0 Å². The second-order valence-electron chi connectivity index (χ2n) is 5.24. The monoisotopic (exact) mass is 281 g/mol. The summed E-state index contributed by atoms with van der Waals surface area (Å²) < 4.78 is 11.0. The molecule has 4 heteroatoms. The third-order valence-electron chi connectivity index (χ3n) is 3.98. The topological polar surface area (TPSA) is 47.6 Å². The number of ether oxygens (including phenoxy) is 2. The molecule has 0 fully saturated rings. The highest BCUT2D eigenvalue weighted by Gasteiger charge is 2.29. The predicted molar refractivity (Wildman–Crippen MR) is 79.4 cm³/mol. The summed E-state index contributed by atoms with van der Waals surface area (Å²) in [5.74, 6) is 1.35. The molecule has 0 bridgehead atoms. The molecule has 1 N–H and O–H groups in total. The van der Waals surface area contributed by atoms with Gasteiger partial charge in [-0.05, 0) is 29.8 Å². The lowest BCUT2D eigenvalue weighted by atomic mass is 9.92. The van der Waals surface area contributed by atoms with E-state index in [-0.39, 0.29) is 11.7 Å². The SMILES string of the molecule is O=C(c1ccc2c(c1)OCCO2)C1CNc2ccccc21. The average Bonchev–Trinajstić information content (AvgIpc) is 2.98. The highest BCUT2D eigenvalue weighted by Crippen LogP contribution is 2.36. The number of ketones is 1. The number of carbonyl (C=O) groups is 1. The summed E-state index contributed by atoms with van der Waals surface area (Å²) in [5, 5.41) is 3.29. The molecule has 2 aliphatic rings. The summed E-state index contributed by atoms with van der Waals surface area (Å²) in [5.41, 5.74) is 2.79. The van der Waals surface area contributed by atoms with Crippen molar-refractivity contribution in [3.05, 3.63) is 53.6 Å². The Morgan fingerprint density at radius 3 is 2.76 bits per heavy atom. The number of fused-ring (bicyclic) bond motifs is 2. The van der Waals surface area contributed by atoms with E-state index >= 15 is 0 Å². The maximum absolute atomic E-state index is 12.8. The maximum atomic E-state index is 12.8. The molecule has 2 aromatic rings. The largest absolute Gasteiger partial charge is 0.486 e. The van der Waals surface area contributed by atoms with Gasteiger partial charge in [0.15, 0.2) is 17.3 Å². The summed E-state index contributed by atoms with van der Waals surface area (Å²) >= 11 is 0. The van der Waals surface area contributed by atoms with Crippen LogP contribution in [-0.2, 0) is 0 Å². The van der Waals surface area contributed by atoms with E-state index in [0.717, 1.165) is 11.3 Å². The molecule has 0 aromatic heterocycles. The van der Waals surface area contributed by atoms with Crippen LogP contribution in [0.4, 0.5) is 5.69 Å². The molecule has 1 unspecified atom stereocenters. The summed E-state index contributed by atoms with van der Waals surface area (Å²) in [6.07, 6.45) is 0. The van der Waals surface area contributed by atoms with Gasteiger partial charge in [0.2, 0.25) is 0 Å². The second kappa shape index (κ2) is 4.81. The Hall–Kier alpha value is -2.49. The molecule has 0 spiro atoms. The molecule has 4 nitrogen and oxygen atoms in total. The fraction of sp³-hybridized carbons (Fsp3) is 0.235. The van der Waals surface area contributed by atoms with Crippen LogP contribution in [0.15, 0.2) is 42.5 Å². The fourth-order valence-electron chi connectivity index (χ4n) is 2.92. The van der Waals surface area contributed by atoms with Crippen molar-refractivity contribution in [1.82, 2.24) is 0 Å². The standard InChI is InChI=1S/C17H15NO3/c19-17(13-10-18-14-4-2-1-3-12(13)14)11-5-6-15-16(9-11)21-8-7-20-15/h1-6,9,13,18H,7-8,10H2. The van der Waals surface area contributed by atoms with E-state index in [0.29, 0.717) is 36.8 Å². The van der Waals surface area contributed by atoms with Gasteiger partial charge in [0.25, 0.3) is 0 Å². The molecule has 1 atom stereocenters. The van der Waals surface area contributed by atoms with Crippen LogP contribution in [0.25, 0.3) is 0 Å². The molecule has 0 aliphatic carbocycles. The first kappa shape index (κ1) is 12.3. The van der Waals surface area contributed by atoms with Gasteiger partial charge < -0.3 is 14.8 Å². The average molecular weight is 281 g/mol. The van der Waals surface area contributed by atoms with Gasteiger partial charge in [0.1, 0.15) is 13.2 Å². The van der Waals surface area contributed by atoms with E-state index in [1.807, 2.05) is 36.4 Å². The molecule has 4 rings (SSSR count). The van der Waals surface area contributed by atoms with Crippen LogP contribution in [0.5, 0.6) is 11.5 Å². The molecule has 2 heterocycles. The van der Waals surface area contributed by atoms with Gasteiger partial charge in [0, 0.05) is 17.8 Å². The zero-order valence-corrected chi connectivity index (χ0v) is 11.5. The summed E-state index contributed by atoms with van der Waals surface area (Å²) in [4.78, 5) is 12.8. The van der Waals surface area contributed by atoms with E-state index in [1.54, 1.807) is 6.07 Å². The number of carbonyl (C=O) groups excluding carboxylic acids is 1. The highest BCUT2D eigenvalue weighted by atomic mass is 16.6. The van der Waals surface area contributed by atoms with E-state index in [4.69, 9.17) is 9.47 Å². The molecular weight excluding hydrogens is 266 g/mol. The summed E-state index contributed by atoms with van der Waals surface area (Å²) in [6.45, 7) is 1.73. The van der Waals surface area contributed by atoms with Crippen molar-refractivity contribution >= 4 is 11.5 Å².